The van der Waals surface area contributed by atoms with Gasteiger partial charge in [-0.2, -0.15) is 0 Å². The van der Waals surface area contributed by atoms with E-state index in [4.69, 9.17) is 4.74 Å². The maximum absolute atomic E-state index is 5.59. The molecule has 0 N–H and O–H groups in total. The van der Waals surface area contributed by atoms with Crippen molar-refractivity contribution in [2.24, 2.45) is 5.92 Å². The fourth-order valence-electron chi connectivity index (χ4n) is 3.50. The van der Waals surface area contributed by atoms with E-state index in [-0.39, 0.29) is 0 Å². The summed E-state index contributed by atoms with van der Waals surface area (Å²) in [6, 6.07) is 7.06. The second-order valence-corrected chi connectivity index (χ2v) is 6.79. The zero-order valence-electron chi connectivity index (χ0n) is 15.4. The average molecular weight is 316 g/mol. The summed E-state index contributed by atoms with van der Waals surface area (Å²) in [4.78, 5) is 5.03. The van der Waals surface area contributed by atoms with Gasteiger partial charge in [0.25, 0.3) is 0 Å². The highest BCUT2D eigenvalue weighted by Gasteiger charge is 2.29. The van der Waals surface area contributed by atoms with Crippen LogP contribution in [0.5, 0.6) is 5.75 Å². The van der Waals surface area contributed by atoms with Crippen LogP contribution in [0.15, 0.2) is 30.4 Å². The highest BCUT2D eigenvalue weighted by atomic mass is 16.5. The van der Waals surface area contributed by atoms with Gasteiger partial charge in [-0.15, -0.1) is 0 Å². The maximum atomic E-state index is 5.59. The van der Waals surface area contributed by atoms with Gasteiger partial charge in [0.05, 0.1) is 12.8 Å². The van der Waals surface area contributed by atoms with Gasteiger partial charge in [-0.05, 0) is 57.4 Å². The summed E-state index contributed by atoms with van der Waals surface area (Å²) >= 11 is 0. The molecule has 1 fully saturated rings. The SMILES string of the molecule is CC=CCCC(C)C1CN(c2cc(C)ccc2OC)CCN1C. The van der Waals surface area contributed by atoms with E-state index in [1.165, 1.54) is 24.1 Å². The molecule has 1 aromatic rings. The molecule has 0 amide bonds. The van der Waals surface area contributed by atoms with Gasteiger partial charge in [0.15, 0.2) is 0 Å². The molecule has 1 aromatic carbocycles. The molecule has 1 aliphatic heterocycles. The number of hydrogen-bond acceptors (Lipinski definition) is 3. The third kappa shape index (κ3) is 4.51. The molecule has 23 heavy (non-hydrogen) atoms. The smallest absolute Gasteiger partial charge is 0.142 e. The van der Waals surface area contributed by atoms with E-state index in [0.29, 0.717) is 12.0 Å². The third-order valence-electron chi connectivity index (χ3n) is 5.05. The van der Waals surface area contributed by atoms with Gasteiger partial charge < -0.3 is 9.64 Å². The molecule has 0 saturated carbocycles. The molecule has 3 heteroatoms. The standard InChI is InChI=1S/C20H32N2O/c1-6-7-8-9-17(3)19-15-22(13-12-21(19)4)18-14-16(2)10-11-20(18)23-5/h6-7,10-11,14,17,19H,8-9,12-13,15H2,1-5H3. The van der Waals surface area contributed by atoms with Crippen LogP contribution in [-0.2, 0) is 0 Å². The number of rotatable bonds is 6. The summed E-state index contributed by atoms with van der Waals surface area (Å²) in [5.41, 5.74) is 2.53. The molecule has 2 rings (SSSR count). The van der Waals surface area contributed by atoms with Gasteiger partial charge in [-0.1, -0.05) is 25.1 Å². The number of nitrogens with zero attached hydrogens (tertiary/aromatic N) is 2. The molecule has 1 aliphatic rings. The van der Waals surface area contributed by atoms with E-state index in [9.17, 15) is 0 Å². The van der Waals surface area contributed by atoms with Crippen LogP contribution in [0.2, 0.25) is 0 Å². The minimum Gasteiger partial charge on any atom is -0.495 e. The Morgan fingerprint density at radius 1 is 1.35 bits per heavy atom. The Bertz CT molecular complexity index is 526. The van der Waals surface area contributed by atoms with E-state index in [1.54, 1.807) is 7.11 Å². The lowest BCUT2D eigenvalue weighted by molar-refractivity contribution is 0.160. The number of benzene rings is 1. The lowest BCUT2D eigenvalue weighted by Gasteiger charge is -2.43. The quantitative estimate of drug-likeness (QED) is 0.734. The molecule has 0 aromatic heterocycles. The number of hydrogen-bond donors (Lipinski definition) is 0. The van der Waals surface area contributed by atoms with Crippen LogP contribution in [0.3, 0.4) is 0 Å². The zero-order chi connectivity index (χ0) is 16.8. The second kappa shape index (κ2) is 8.39. The van der Waals surface area contributed by atoms with Gasteiger partial charge in [-0.3, -0.25) is 4.90 Å². The van der Waals surface area contributed by atoms with E-state index < -0.39 is 0 Å². The van der Waals surface area contributed by atoms with Crippen molar-refractivity contribution < 1.29 is 4.74 Å². The number of aryl methyl sites for hydroxylation is 1. The number of piperazine rings is 1. The highest BCUT2D eigenvalue weighted by Crippen LogP contribution is 2.32. The van der Waals surface area contributed by atoms with Crippen molar-refractivity contribution in [3.05, 3.63) is 35.9 Å². The molecule has 1 saturated heterocycles. The predicted molar refractivity (Wildman–Crippen MR) is 99.6 cm³/mol. The first-order valence-corrected chi connectivity index (χ1v) is 8.77. The van der Waals surface area contributed by atoms with Crippen molar-refractivity contribution in [2.45, 2.75) is 39.7 Å². The molecule has 1 heterocycles. The van der Waals surface area contributed by atoms with Crippen LogP contribution < -0.4 is 9.64 Å². The van der Waals surface area contributed by atoms with E-state index in [0.717, 1.165) is 25.4 Å². The molecule has 128 valence electrons. The first kappa shape index (κ1) is 17.9. The zero-order valence-corrected chi connectivity index (χ0v) is 15.4. The molecule has 2 atom stereocenters. The van der Waals surface area contributed by atoms with Crippen molar-refractivity contribution in [2.75, 3.05) is 38.7 Å². The van der Waals surface area contributed by atoms with Crippen molar-refractivity contribution in [1.29, 1.82) is 0 Å². The van der Waals surface area contributed by atoms with Gasteiger partial charge in [0, 0.05) is 25.7 Å². The molecular weight excluding hydrogens is 284 g/mol. The summed E-state index contributed by atoms with van der Waals surface area (Å²) in [6.07, 6.45) is 6.86. The van der Waals surface area contributed by atoms with Crippen molar-refractivity contribution in [3.63, 3.8) is 0 Å². The summed E-state index contributed by atoms with van der Waals surface area (Å²) in [5, 5.41) is 0. The monoisotopic (exact) mass is 316 g/mol. The lowest BCUT2D eigenvalue weighted by atomic mass is 9.93. The van der Waals surface area contributed by atoms with Gasteiger partial charge >= 0.3 is 0 Å². The molecule has 0 radical (unpaired) electrons. The number of anilines is 1. The third-order valence-corrected chi connectivity index (χ3v) is 5.05. The number of ether oxygens (including phenoxy) is 1. The molecule has 2 unspecified atom stereocenters. The predicted octanol–water partition coefficient (Wildman–Crippen LogP) is 4.12. The fourth-order valence-corrected chi connectivity index (χ4v) is 3.50. The van der Waals surface area contributed by atoms with Crippen molar-refractivity contribution in [1.82, 2.24) is 4.90 Å². The normalized spacial score (nSPS) is 20.9. The van der Waals surface area contributed by atoms with Crippen LogP contribution in [0.4, 0.5) is 5.69 Å². The van der Waals surface area contributed by atoms with Crippen LogP contribution in [0.25, 0.3) is 0 Å². The van der Waals surface area contributed by atoms with Crippen LogP contribution in [-0.4, -0.2) is 44.7 Å². The van der Waals surface area contributed by atoms with Gasteiger partial charge in [0.1, 0.15) is 5.75 Å². The Hall–Kier alpha value is -1.48. The van der Waals surface area contributed by atoms with E-state index in [1.807, 2.05) is 0 Å². The Morgan fingerprint density at radius 2 is 2.13 bits per heavy atom. The minimum absolute atomic E-state index is 0.597. The Labute approximate surface area is 141 Å². The van der Waals surface area contributed by atoms with Crippen molar-refractivity contribution >= 4 is 5.69 Å². The molecule has 0 aliphatic carbocycles. The number of methoxy groups -OCH3 is 1. The lowest BCUT2D eigenvalue weighted by Crippen LogP contribution is -2.54. The number of allylic oxidation sites excluding steroid dienone is 2. The summed E-state index contributed by atoms with van der Waals surface area (Å²) in [7, 11) is 4.03. The van der Waals surface area contributed by atoms with Crippen molar-refractivity contribution in [3.8, 4) is 5.75 Å². The summed E-state index contributed by atoms with van der Waals surface area (Å²) < 4.78 is 5.59. The molecule has 3 nitrogen and oxygen atoms in total. The first-order chi connectivity index (χ1) is 11.1. The topological polar surface area (TPSA) is 15.7 Å². The van der Waals surface area contributed by atoms with Gasteiger partial charge in [-0.25, -0.2) is 0 Å². The summed E-state index contributed by atoms with van der Waals surface area (Å²) in [6.45, 7) is 9.89. The summed E-state index contributed by atoms with van der Waals surface area (Å²) in [5.74, 6) is 1.68. The molecular formula is C20H32N2O. The van der Waals surface area contributed by atoms with Crippen LogP contribution >= 0.6 is 0 Å². The van der Waals surface area contributed by atoms with Crippen LogP contribution in [0, 0.1) is 12.8 Å². The second-order valence-electron chi connectivity index (χ2n) is 6.79. The highest BCUT2D eigenvalue weighted by molar-refractivity contribution is 5.60. The molecule has 0 bridgehead atoms. The van der Waals surface area contributed by atoms with E-state index in [2.05, 4.69) is 68.0 Å². The average Bonchev–Trinajstić information content (AvgIpc) is 2.55. The first-order valence-electron chi connectivity index (χ1n) is 8.77. The Morgan fingerprint density at radius 3 is 2.83 bits per heavy atom. The van der Waals surface area contributed by atoms with Crippen LogP contribution in [0.1, 0.15) is 32.3 Å². The number of likely N-dealkylation sites (N-methyl/N-ethyl adjacent to an activating group) is 1. The maximum Gasteiger partial charge on any atom is 0.142 e. The largest absolute Gasteiger partial charge is 0.495 e. The van der Waals surface area contributed by atoms with E-state index >= 15 is 0 Å². The Balaban J connectivity index is 2.12. The molecule has 0 spiro atoms. The fraction of sp³-hybridized carbons (Fsp3) is 0.600. The minimum atomic E-state index is 0.597. The van der Waals surface area contributed by atoms with Gasteiger partial charge in [0.2, 0.25) is 0 Å². The Kier molecular flexibility index (Phi) is 6.52.